The lowest BCUT2D eigenvalue weighted by Gasteiger charge is -2.37. The van der Waals surface area contributed by atoms with Gasteiger partial charge in [-0.25, -0.2) is 0 Å². The van der Waals surface area contributed by atoms with Crippen LogP contribution in [0.3, 0.4) is 0 Å². The van der Waals surface area contributed by atoms with Crippen LogP contribution in [0.25, 0.3) is 5.69 Å². The Morgan fingerprint density at radius 2 is 1.31 bits per heavy atom. The van der Waals surface area contributed by atoms with Gasteiger partial charge in [0.15, 0.2) is 0 Å². The van der Waals surface area contributed by atoms with Crippen molar-refractivity contribution in [1.29, 1.82) is 0 Å². The predicted octanol–water partition coefficient (Wildman–Crippen LogP) is 3.32. The zero-order chi connectivity index (χ0) is 17.9. The van der Waals surface area contributed by atoms with E-state index in [0.717, 1.165) is 37.6 Å². The minimum absolute atomic E-state index is 0.140. The number of hydrogen-bond donors (Lipinski definition) is 0. The van der Waals surface area contributed by atoms with E-state index >= 15 is 0 Å². The SMILES string of the molecule is O=c1c(Br)c(N2CCN(c3ccccc3)CC2)cnn1-c1ccccc1. The van der Waals surface area contributed by atoms with Crippen LogP contribution in [0.4, 0.5) is 11.4 Å². The maximum Gasteiger partial charge on any atom is 0.287 e. The fourth-order valence-corrected chi connectivity index (χ4v) is 3.76. The van der Waals surface area contributed by atoms with Gasteiger partial charge in [0.2, 0.25) is 0 Å². The van der Waals surface area contributed by atoms with Crippen molar-refractivity contribution < 1.29 is 0 Å². The Morgan fingerprint density at radius 3 is 1.92 bits per heavy atom. The first kappa shape index (κ1) is 16.8. The van der Waals surface area contributed by atoms with Crippen molar-refractivity contribution in [1.82, 2.24) is 9.78 Å². The number of piperazine rings is 1. The van der Waals surface area contributed by atoms with Crippen molar-refractivity contribution in [3.05, 3.63) is 81.7 Å². The van der Waals surface area contributed by atoms with Crippen LogP contribution in [0.1, 0.15) is 0 Å². The summed E-state index contributed by atoms with van der Waals surface area (Å²) < 4.78 is 1.98. The molecule has 4 rings (SSSR count). The summed E-state index contributed by atoms with van der Waals surface area (Å²) in [4.78, 5) is 17.3. The van der Waals surface area contributed by atoms with Gasteiger partial charge in [-0.05, 0) is 40.2 Å². The average Bonchev–Trinajstić information content (AvgIpc) is 2.71. The molecular formula is C20H19BrN4O. The topological polar surface area (TPSA) is 41.4 Å². The second kappa shape index (κ2) is 7.33. The van der Waals surface area contributed by atoms with Crippen LogP contribution in [-0.4, -0.2) is 36.0 Å². The van der Waals surface area contributed by atoms with Crippen molar-refractivity contribution in [3.8, 4) is 5.69 Å². The molecule has 5 nitrogen and oxygen atoms in total. The molecule has 0 aliphatic carbocycles. The van der Waals surface area contributed by atoms with Crippen LogP contribution >= 0.6 is 15.9 Å². The molecule has 26 heavy (non-hydrogen) atoms. The van der Waals surface area contributed by atoms with Gasteiger partial charge in [0.05, 0.1) is 17.6 Å². The lowest BCUT2D eigenvalue weighted by molar-refractivity contribution is 0.647. The Labute approximate surface area is 160 Å². The van der Waals surface area contributed by atoms with Crippen LogP contribution in [-0.2, 0) is 0 Å². The van der Waals surface area contributed by atoms with Gasteiger partial charge in [-0.1, -0.05) is 36.4 Å². The maximum absolute atomic E-state index is 12.7. The molecule has 132 valence electrons. The van der Waals surface area contributed by atoms with Gasteiger partial charge in [-0.3, -0.25) is 4.79 Å². The van der Waals surface area contributed by atoms with Crippen molar-refractivity contribution in [2.75, 3.05) is 36.0 Å². The summed E-state index contributed by atoms with van der Waals surface area (Å²) in [5, 5.41) is 4.38. The normalized spacial score (nSPS) is 14.5. The average molecular weight is 411 g/mol. The van der Waals surface area contributed by atoms with E-state index in [2.05, 4.69) is 55.1 Å². The first-order valence-electron chi connectivity index (χ1n) is 8.62. The number of halogens is 1. The molecule has 0 spiro atoms. The molecule has 1 fully saturated rings. The smallest absolute Gasteiger partial charge is 0.287 e. The van der Waals surface area contributed by atoms with E-state index in [-0.39, 0.29) is 5.56 Å². The third-order valence-corrected chi connectivity index (χ3v) is 5.39. The summed E-state index contributed by atoms with van der Waals surface area (Å²) >= 11 is 3.50. The van der Waals surface area contributed by atoms with E-state index in [4.69, 9.17) is 0 Å². The molecule has 1 saturated heterocycles. The monoisotopic (exact) mass is 410 g/mol. The highest BCUT2D eigenvalue weighted by Gasteiger charge is 2.21. The summed E-state index contributed by atoms with van der Waals surface area (Å²) in [6.45, 7) is 3.53. The summed E-state index contributed by atoms with van der Waals surface area (Å²) in [7, 11) is 0. The molecule has 0 radical (unpaired) electrons. The van der Waals surface area contributed by atoms with Crippen LogP contribution < -0.4 is 15.4 Å². The van der Waals surface area contributed by atoms with E-state index < -0.39 is 0 Å². The molecule has 0 saturated carbocycles. The molecule has 6 heteroatoms. The fraction of sp³-hybridized carbons (Fsp3) is 0.200. The predicted molar refractivity (Wildman–Crippen MR) is 108 cm³/mol. The molecule has 0 unspecified atom stereocenters. The highest BCUT2D eigenvalue weighted by molar-refractivity contribution is 9.10. The summed E-state index contributed by atoms with van der Waals surface area (Å²) in [5.41, 5.74) is 2.72. The van der Waals surface area contributed by atoms with E-state index in [9.17, 15) is 4.79 Å². The number of anilines is 2. The number of para-hydroxylation sites is 2. The Kier molecular flexibility index (Phi) is 4.75. The number of hydrogen-bond acceptors (Lipinski definition) is 4. The van der Waals surface area contributed by atoms with E-state index in [1.165, 1.54) is 10.4 Å². The van der Waals surface area contributed by atoms with Gasteiger partial charge >= 0.3 is 0 Å². The molecule has 0 bridgehead atoms. The third kappa shape index (κ3) is 3.24. The highest BCUT2D eigenvalue weighted by Crippen LogP contribution is 2.25. The van der Waals surface area contributed by atoms with Crippen molar-refractivity contribution in [3.63, 3.8) is 0 Å². The summed E-state index contributed by atoms with van der Waals surface area (Å²) in [6.07, 6.45) is 1.77. The van der Waals surface area contributed by atoms with Gasteiger partial charge in [0.1, 0.15) is 4.47 Å². The van der Waals surface area contributed by atoms with Crippen molar-refractivity contribution in [2.45, 2.75) is 0 Å². The minimum Gasteiger partial charge on any atom is -0.368 e. The lowest BCUT2D eigenvalue weighted by atomic mass is 10.2. The van der Waals surface area contributed by atoms with Crippen LogP contribution in [0.5, 0.6) is 0 Å². The van der Waals surface area contributed by atoms with Gasteiger partial charge in [0.25, 0.3) is 5.56 Å². The summed E-state index contributed by atoms with van der Waals surface area (Å²) in [5.74, 6) is 0. The second-order valence-corrected chi connectivity index (χ2v) is 7.00. The van der Waals surface area contributed by atoms with E-state index in [1.54, 1.807) is 6.20 Å². The number of nitrogens with zero attached hydrogens (tertiary/aromatic N) is 4. The molecule has 2 aromatic carbocycles. The quantitative estimate of drug-likeness (QED) is 0.663. The molecule has 0 atom stereocenters. The minimum atomic E-state index is -0.140. The van der Waals surface area contributed by atoms with Crippen LogP contribution in [0.2, 0.25) is 0 Å². The van der Waals surface area contributed by atoms with Gasteiger partial charge in [-0.15, -0.1) is 0 Å². The van der Waals surface area contributed by atoms with Gasteiger partial charge < -0.3 is 9.80 Å². The number of benzene rings is 2. The molecule has 0 amide bonds. The van der Waals surface area contributed by atoms with E-state index in [1.807, 2.05) is 36.4 Å². The van der Waals surface area contributed by atoms with Gasteiger partial charge in [0, 0.05) is 31.9 Å². The molecular weight excluding hydrogens is 392 g/mol. The lowest BCUT2D eigenvalue weighted by Crippen LogP contribution is -2.47. The molecule has 1 aromatic heterocycles. The van der Waals surface area contributed by atoms with Gasteiger partial charge in [-0.2, -0.15) is 9.78 Å². The Balaban J connectivity index is 1.54. The molecule has 1 aliphatic heterocycles. The Hall–Kier alpha value is -2.60. The van der Waals surface area contributed by atoms with Crippen molar-refractivity contribution >= 4 is 27.3 Å². The van der Waals surface area contributed by atoms with Crippen molar-refractivity contribution in [2.24, 2.45) is 0 Å². The molecule has 0 N–H and O–H groups in total. The first-order chi connectivity index (χ1) is 12.7. The highest BCUT2D eigenvalue weighted by atomic mass is 79.9. The largest absolute Gasteiger partial charge is 0.368 e. The standard InChI is InChI=1S/C20H19BrN4O/c21-19-18(15-22-25(20(19)26)17-9-5-2-6-10-17)24-13-11-23(12-14-24)16-7-3-1-4-8-16/h1-10,15H,11-14H2. The second-order valence-electron chi connectivity index (χ2n) is 6.21. The molecule has 1 aliphatic rings. The van der Waals surface area contributed by atoms with Crippen LogP contribution in [0, 0.1) is 0 Å². The summed E-state index contributed by atoms with van der Waals surface area (Å²) in [6, 6.07) is 19.9. The van der Waals surface area contributed by atoms with Crippen LogP contribution in [0.15, 0.2) is 76.1 Å². The Morgan fingerprint density at radius 1 is 0.769 bits per heavy atom. The Bertz CT molecular complexity index is 935. The number of aromatic nitrogens is 2. The zero-order valence-electron chi connectivity index (χ0n) is 14.3. The fourth-order valence-electron chi connectivity index (χ4n) is 3.24. The molecule has 3 aromatic rings. The van der Waals surface area contributed by atoms with E-state index in [0.29, 0.717) is 4.47 Å². The zero-order valence-corrected chi connectivity index (χ0v) is 15.8. The third-order valence-electron chi connectivity index (χ3n) is 4.64. The number of rotatable bonds is 3. The molecule has 2 heterocycles. The maximum atomic E-state index is 12.7. The first-order valence-corrected chi connectivity index (χ1v) is 9.41.